The second-order valence-corrected chi connectivity index (χ2v) is 13.0. The number of nitrogen functional groups attached to an aromatic ring is 2. The van der Waals surface area contributed by atoms with Gasteiger partial charge in [-0.05, 0) is 6.07 Å². The molecule has 10 atom stereocenters. The number of H-pyrrole nitrogens is 1. The van der Waals surface area contributed by atoms with Gasteiger partial charge < -0.3 is 30.7 Å². The van der Waals surface area contributed by atoms with Crippen molar-refractivity contribution in [3.63, 3.8) is 0 Å². The highest BCUT2D eigenvalue weighted by Crippen LogP contribution is 2.54. The smallest absolute Gasteiger partial charge is 0.397 e. The van der Waals surface area contributed by atoms with Crippen LogP contribution in [-0.4, -0.2) is 93.8 Å². The second kappa shape index (κ2) is 10.8. The number of rotatable bonds is 2. The summed E-state index contributed by atoms with van der Waals surface area (Å²) >= 11 is 0. The molecule has 2 unspecified atom stereocenters. The van der Waals surface area contributed by atoms with Crippen LogP contribution in [0.15, 0.2) is 29.7 Å². The Morgan fingerprint density at radius 1 is 0.867 bits per heavy atom. The van der Waals surface area contributed by atoms with Gasteiger partial charge in [0.2, 0.25) is 5.95 Å². The number of ether oxygens (including phenoxy) is 2. The molecule has 7 rings (SSSR count). The zero-order valence-corrected chi connectivity index (χ0v) is 24.2. The molecular weight excluding hydrogens is 654 g/mol. The third kappa shape index (κ3) is 5.31. The van der Waals surface area contributed by atoms with Crippen LogP contribution < -0.4 is 17.0 Å². The molecule has 0 saturated carbocycles. The normalized spacial score (nSPS) is 37.7. The minimum absolute atomic E-state index is 0.104. The molecule has 7 heterocycles. The Kier molecular flexibility index (Phi) is 7.28. The zero-order chi connectivity index (χ0) is 31.8. The minimum atomic E-state index is -5.22. The number of fused-ring (bicyclic) bond motifs is 6. The van der Waals surface area contributed by atoms with Crippen molar-refractivity contribution in [3.05, 3.63) is 35.3 Å². The quantitative estimate of drug-likeness (QED) is 0.177. The molecule has 3 saturated heterocycles. The van der Waals surface area contributed by atoms with Crippen LogP contribution in [0.2, 0.25) is 0 Å². The lowest BCUT2D eigenvalue weighted by molar-refractivity contribution is -0.0671. The number of nitrogens with zero attached hydrogens (tertiary/aromatic N) is 6. The molecule has 3 fully saturated rings. The van der Waals surface area contributed by atoms with Crippen LogP contribution in [0.3, 0.4) is 0 Å². The lowest BCUT2D eigenvalue weighted by atomic mass is 10.1. The van der Waals surface area contributed by atoms with Gasteiger partial charge in [0.25, 0.3) is 5.56 Å². The van der Waals surface area contributed by atoms with Crippen LogP contribution in [-0.2, 0) is 36.7 Å². The highest BCUT2D eigenvalue weighted by molar-refractivity contribution is 7.47. The lowest BCUT2D eigenvalue weighted by Gasteiger charge is -2.24. The molecule has 0 aliphatic carbocycles. The summed E-state index contributed by atoms with van der Waals surface area (Å²) in [5.74, 6) is -0.327. The van der Waals surface area contributed by atoms with Crippen molar-refractivity contribution in [1.29, 1.82) is 0 Å². The number of nitrogens with one attached hydrogen (secondary N) is 1. The van der Waals surface area contributed by atoms with E-state index in [2.05, 4.69) is 24.9 Å². The monoisotopic (exact) mass is 677 g/mol. The number of aromatic nitrogens is 7. The Morgan fingerprint density at radius 3 is 1.98 bits per heavy atom. The molecule has 0 aromatic carbocycles. The van der Waals surface area contributed by atoms with E-state index in [0.29, 0.717) is 0 Å². The zero-order valence-electron chi connectivity index (χ0n) is 22.4. The van der Waals surface area contributed by atoms with Gasteiger partial charge in [0, 0.05) is 6.20 Å². The molecule has 7 N–H and O–H groups in total. The molecule has 45 heavy (non-hydrogen) atoms. The van der Waals surface area contributed by atoms with Gasteiger partial charge >= 0.3 is 15.6 Å². The highest BCUT2D eigenvalue weighted by Gasteiger charge is 2.55. The van der Waals surface area contributed by atoms with Crippen LogP contribution in [0.25, 0.3) is 22.3 Å². The van der Waals surface area contributed by atoms with E-state index in [0.717, 1.165) is 10.9 Å². The Bertz CT molecular complexity index is 1940. The number of hydrogen-bond donors (Lipinski definition) is 5. The Balaban J connectivity index is 1.23. The van der Waals surface area contributed by atoms with E-state index in [9.17, 15) is 23.7 Å². The van der Waals surface area contributed by atoms with Gasteiger partial charge in [-0.15, -0.1) is 0 Å². The molecule has 24 heteroatoms. The van der Waals surface area contributed by atoms with E-state index in [1.807, 2.05) is 0 Å². The van der Waals surface area contributed by atoms with Crippen molar-refractivity contribution in [2.75, 3.05) is 24.7 Å². The molecule has 0 radical (unpaired) electrons. The Labute approximate surface area is 248 Å². The maximum absolute atomic E-state index is 15.8. The number of phosphoric acid groups is 2. The van der Waals surface area contributed by atoms with E-state index in [1.165, 1.54) is 23.2 Å². The summed E-state index contributed by atoms with van der Waals surface area (Å²) < 4.78 is 91.5. The first-order valence-electron chi connectivity index (χ1n) is 13.0. The first-order valence-corrected chi connectivity index (χ1v) is 16.0. The van der Waals surface area contributed by atoms with Crippen molar-refractivity contribution in [1.82, 2.24) is 34.1 Å². The average Bonchev–Trinajstić information content (AvgIpc) is 3.72. The molecule has 20 nitrogen and oxygen atoms in total. The summed E-state index contributed by atoms with van der Waals surface area (Å²) in [5.41, 5.74) is 10.9. The van der Waals surface area contributed by atoms with Crippen molar-refractivity contribution in [2.24, 2.45) is 0 Å². The van der Waals surface area contributed by atoms with Gasteiger partial charge in [0.1, 0.15) is 29.9 Å². The molecule has 0 amide bonds. The lowest BCUT2D eigenvalue weighted by Crippen LogP contribution is -2.35. The fourth-order valence-corrected chi connectivity index (χ4v) is 7.15. The number of phosphoric ester groups is 2. The van der Waals surface area contributed by atoms with E-state index < -0.39 is 83.6 Å². The number of aromatic amines is 1. The summed E-state index contributed by atoms with van der Waals surface area (Å²) in [5, 5.41) is 0. The Hall–Kier alpha value is -3.43. The molecule has 3 aliphatic heterocycles. The standard InChI is InChI=1S/C21H23F2N9O11P2/c22-10-8-3-38-45(36,37)43-15-11(23)9(41-20(15)32-6-28-13-17(32)29-21(25)30-18(13)33)4-39-44(34,35)42-14(10)19(40-8)31-5-27-12-7(24)1-2-26-16(12)31/h1-2,5-6,8-11,14-15,19-20H,3-4H2,(H2,24,26)(H,34,35)(H,36,37)(H3,25,29,30,33)/t8-,9-,10-,11-,14-,15-,19-,20-/m1/s1. The minimum Gasteiger partial charge on any atom is -0.397 e. The van der Waals surface area contributed by atoms with Crippen LogP contribution >= 0.6 is 15.6 Å². The van der Waals surface area contributed by atoms with Crippen molar-refractivity contribution in [2.45, 2.75) is 49.2 Å². The van der Waals surface area contributed by atoms with Crippen LogP contribution in [0.5, 0.6) is 0 Å². The number of anilines is 2. The SMILES string of the molecule is Nc1nc2c(ncn2[C@@H]2O[C@@H]3COP(=O)(O)O[C@@H]4[C@H](F)[C@@H](COP(=O)(O)O[C@@H]2[C@@H]3F)O[C@H]4n2cnc3c(N)ccnc32)c(=O)[nH]1. The third-order valence-corrected chi connectivity index (χ3v) is 9.30. The summed E-state index contributed by atoms with van der Waals surface area (Å²) in [6, 6.07) is 1.47. The van der Waals surface area contributed by atoms with Gasteiger partial charge in [-0.3, -0.25) is 37.0 Å². The fraction of sp³-hybridized carbons (Fsp3) is 0.476. The van der Waals surface area contributed by atoms with Gasteiger partial charge in [0.05, 0.1) is 31.6 Å². The summed E-state index contributed by atoms with van der Waals surface area (Å²) in [6.07, 6.45) is -11.5. The Morgan fingerprint density at radius 2 is 1.40 bits per heavy atom. The van der Waals surface area contributed by atoms with E-state index in [-0.39, 0.29) is 34.0 Å². The number of nitrogens with two attached hydrogens (primary N) is 2. The summed E-state index contributed by atoms with van der Waals surface area (Å²) in [6.45, 7) is -1.96. The first kappa shape index (κ1) is 30.2. The summed E-state index contributed by atoms with van der Waals surface area (Å²) in [4.78, 5) is 51.7. The molecule has 3 aliphatic rings. The topological polar surface area (TPSA) is 276 Å². The van der Waals surface area contributed by atoms with Crippen LogP contribution in [0, 0.1) is 0 Å². The maximum atomic E-state index is 15.8. The van der Waals surface area contributed by atoms with E-state index in [1.54, 1.807) is 0 Å². The number of alkyl halides is 2. The molecule has 0 spiro atoms. The van der Waals surface area contributed by atoms with E-state index >= 15 is 8.78 Å². The highest BCUT2D eigenvalue weighted by atomic mass is 31.2. The summed E-state index contributed by atoms with van der Waals surface area (Å²) in [7, 11) is -10.4. The van der Waals surface area contributed by atoms with Gasteiger partial charge in [-0.1, -0.05) is 0 Å². The van der Waals surface area contributed by atoms with Crippen LogP contribution in [0.4, 0.5) is 20.4 Å². The number of hydrogen-bond acceptors (Lipinski definition) is 15. The largest absolute Gasteiger partial charge is 0.472 e. The van der Waals surface area contributed by atoms with Crippen LogP contribution in [0.1, 0.15) is 12.5 Å². The predicted octanol–water partition coefficient (Wildman–Crippen LogP) is 0.218. The van der Waals surface area contributed by atoms with Crippen molar-refractivity contribution >= 4 is 49.6 Å². The number of halogens is 2. The third-order valence-electron chi connectivity index (χ3n) is 7.33. The molecule has 4 aromatic rings. The second-order valence-electron chi connectivity index (χ2n) is 10.2. The molecule has 242 valence electrons. The number of imidazole rings is 2. The van der Waals surface area contributed by atoms with E-state index in [4.69, 9.17) is 39.0 Å². The van der Waals surface area contributed by atoms with Gasteiger partial charge in [0.15, 0.2) is 41.6 Å². The van der Waals surface area contributed by atoms with Crippen molar-refractivity contribution < 1.29 is 55.3 Å². The van der Waals surface area contributed by atoms with Gasteiger partial charge in [-0.25, -0.2) is 32.9 Å². The average molecular weight is 677 g/mol. The number of pyridine rings is 1. The fourth-order valence-electron chi connectivity index (χ4n) is 5.30. The predicted molar refractivity (Wildman–Crippen MR) is 143 cm³/mol. The maximum Gasteiger partial charge on any atom is 0.472 e. The molecule has 4 aromatic heterocycles. The molecule has 4 bridgehead atoms. The van der Waals surface area contributed by atoms with Gasteiger partial charge in [-0.2, -0.15) is 4.98 Å². The first-order chi connectivity index (χ1) is 21.3. The van der Waals surface area contributed by atoms with Crippen molar-refractivity contribution in [3.8, 4) is 0 Å². The molecular formula is C21H23F2N9O11P2.